The average Bonchev–Trinajstić information content (AvgIpc) is 2.28. The molecule has 0 aliphatic rings. The molecule has 0 amide bonds. The average molecular weight is 204 g/mol. The first kappa shape index (κ1) is 11.7. The van der Waals surface area contributed by atoms with E-state index in [-0.39, 0.29) is 11.7 Å². The molecular formula is C13H16O2. The van der Waals surface area contributed by atoms with Gasteiger partial charge < -0.3 is 5.11 Å². The molecular weight excluding hydrogens is 188 g/mol. The van der Waals surface area contributed by atoms with Crippen LogP contribution in [0.2, 0.25) is 0 Å². The van der Waals surface area contributed by atoms with E-state index in [0.29, 0.717) is 5.56 Å². The van der Waals surface area contributed by atoms with E-state index < -0.39 is 5.60 Å². The third-order valence-electron chi connectivity index (χ3n) is 2.74. The summed E-state index contributed by atoms with van der Waals surface area (Å²) in [5.41, 5.74) is -0.862. The summed E-state index contributed by atoms with van der Waals surface area (Å²) < 4.78 is 0. The van der Waals surface area contributed by atoms with Crippen molar-refractivity contribution in [2.75, 3.05) is 0 Å². The Morgan fingerprint density at radius 2 is 2.00 bits per heavy atom. The number of carbonyl (C=O) groups excluding carboxylic acids is 1. The summed E-state index contributed by atoms with van der Waals surface area (Å²) in [4.78, 5) is 12.0. The zero-order valence-corrected chi connectivity index (χ0v) is 9.10. The molecule has 15 heavy (non-hydrogen) atoms. The van der Waals surface area contributed by atoms with Gasteiger partial charge in [0.05, 0.1) is 0 Å². The summed E-state index contributed by atoms with van der Waals surface area (Å²) in [6.45, 7) is 6.88. The van der Waals surface area contributed by atoms with Crippen molar-refractivity contribution in [1.82, 2.24) is 0 Å². The zero-order valence-electron chi connectivity index (χ0n) is 9.10. The fourth-order valence-corrected chi connectivity index (χ4v) is 1.32. The quantitative estimate of drug-likeness (QED) is 0.604. The third-order valence-corrected chi connectivity index (χ3v) is 2.74. The molecule has 0 radical (unpaired) electrons. The highest BCUT2D eigenvalue weighted by molar-refractivity contribution is 6.02. The Morgan fingerprint density at radius 3 is 2.47 bits per heavy atom. The number of carbonyl (C=O) groups is 1. The molecule has 2 atom stereocenters. The smallest absolute Gasteiger partial charge is 0.194 e. The Bertz CT molecular complexity index is 352. The second kappa shape index (κ2) is 4.41. The van der Waals surface area contributed by atoms with Gasteiger partial charge in [-0.3, -0.25) is 4.79 Å². The number of aliphatic hydroxyl groups is 1. The summed E-state index contributed by atoms with van der Waals surface area (Å²) in [5.74, 6) is -0.541. The fourth-order valence-electron chi connectivity index (χ4n) is 1.32. The van der Waals surface area contributed by atoms with Gasteiger partial charge in [0.25, 0.3) is 0 Å². The van der Waals surface area contributed by atoms with Gasteiger partial charge in [-0.15, -0.1) is 6.58 Å². The van der Waals surface area contributed by atoms with Crippen molar-refractivity contribution in [3.63, 3.8) is 0 Å². The van der Waals surface area contributed by atoms with Gasteiger partial charge in [-0.05, 0) is 6.92 Å². The molecule has 0 spiro atoms. The number of hydrogen-bond donors (Lipinski definition) is 1. The summed E-state index contributed by atoms with van der Waals surface area (Å²) in [7, 11) is 0. The maximum atomic E-state index is 12.0. The second-order valence-electron chi connectivity index (χ2n) is 3.87. The Kier molecular flexibility index (Phi) is 3.43. The monoisotopic (exact) mass is 204 g/mol. The molecule has 0 bridgehead atoms. The van der Waals surface area contributed by atoms with Gasteiger partial charge in [-0.2, -0.15) is 0 Å². The van der Waals surface area contributed by atoms with Gasteiger partial charge in [0, 0.05) is 11.5 Å². The molecule has 0 aromatic heterocycles. The van der Waals surface area contributed by atoms with Crippen LogP contribution in [0.5, 0.6) is 0 Å². The second-order valence-corrected chi connectivity index (χ2v) is 3.87. The standard InChI is InChI=1S/C13H16O2/c1-4-10(2)13(3,15)12(14)11-8-6-5-7-9-11/h4-10,15H,1H2,2-3H3. The lowest BCUT2D eigenvalue weighted by Gasteiger charge is -2.26. The zero-order chi connectivity index (χ0) is 11.5. The largest absolute Gasteiger partial charge is 0.381 e. The van der Waals surface area contributed by atoms with Gasteiger partial charge in [-0.1, -0.05) is 43.3 Å². The molecule has 0 heterocycles. The minimum absolute atomic E-state index is 0.268. The Morgan fingerprint density at radius 1 is 1.47 bits per heavy atom. The van der Waals surface area contributed by atoms with Crippen molar-refractivity contribution in [2.45, 2.75) is 19.4 Å². The van der Waals surface area contributed by atoms with Gasteiger partial charge in [0.1, 0.15) is 5.60 Å². The number of benzene rings is 1. The SMILES string of the molecule is C=CC(C)C(C)(O)C(=O)c1ccccc1. The van der Waals surface area contributed by atoms with Crippen LogP contribution < -0.4 is 0 Å². The van der Waals surface area contributed by atoms with Crippen molar-refractivity contribution in [3.8, 4) is 0 Å². The predicted molar refractivity (Wildman–Crippen MR) is 60.8 cm³/mol. The molecule has 0 saturated heterocycles. The van der Waals surface area contributed by atoms with E-state index in [0.717, 1.165) is 0 Å². The third kappa shape index (κ3) is 2.34. The van der Waals surface area contributed by atoms with Crippen LogP contribution >= 0.6 is 0 Å². The van der Waals surface area contributed by atoms with Crippen LogP contribution in [0.25, 0.3) is 0 Å². The lowest BCUT2D eigenvalue weighted by molar-refractivity contribution is 0.0237. The molecule has 0 fully saturated rings. The summed E-state index contributed by atoms with van der Waals surface area (Å²) in [6.07, 6.45) is 1.58. The Hall–Kier alpha value is -1.41. The minimum Gasteiger partial charge on any atom is -0.381 e. The van der Waals surface area contributed by atoms with Crippen molar-refractivity contribution in [3.05, 3.63) is 48.6 Å². The minimum atomic E-state index is -1.39. The van der Waals surface area contributed by atoms with Gasteiger partial charge in [0.2, 0.25) is 0 Å². The first-order chi connectivity index (χ1) is 7.00. The first-order valence-electron chi connectivity index (χ1n) is 4.95. The molecule has 0 aliphatic heterocycles. The highest BCUT2D eigenvalue weighted by Gasteiger charge is 2.35. The topological polar surface area (TPSA) is 37.3 Å². The van der Waals surface area contributed by atoms with E-state index in [1.807, 2.05) is 6.07 Å². The molecule has 1 N–H and O–H groups in total. The molecule has 2 heteroatoms. The van der Waals surface area contributed by atoms with Gasteiger partial charge in [0.15, 0.2) is 5.78 Å². The molecule has 80 valence electrons. The Balaban J connectivity index is 2.99. The molecule has 1 aromatic carbocycles. The summed E-state index contributed by atoms with van der Waals surface area (Å²) >= 11 is 0. The fraction of sp³-hybridized carbons (Fsp3) is 0.308. The van der Waals surface area contributed by atoms with E-state index in [1.165, 1.54) is 6.92 Å². The van der Waals surface area contributed by atoms with Gasteiger partial charge in [-0.25, -0.2) is 0 Å². The molecule has 0 aliphatic carbocycles. The van der Waals surface area contributed by atoms with Crippen LogP contribution in [0.15, 0.2) is 43.0 Å². The van der Waals surface area contributed by atoms with Crippen molar-refractivity contribution in [1.29, 1.82) is 0 Å². The maximum Gasteiger partial charge on any atom is 0.194 e. The molecule has 1 rings (SSSR count). The highest BCUT2D eigenvalue weighted by atomic mass is 16.3. The molecule has 1 aromatic rings. The van der Waals surface area contributed by atoms with Crippen LogP contribution in [-0.4, -0.2) is 16.5 Å². The van der Waals surface area contributed by atoms with E-state index in [4.69, 9.17) is 0 Å². The van der Waals surface area contributed by atoms with Crippen molar-refractivity contribution >= 4 is 5.78 Å². The lowest BCUT2D eigenvalue weighted by Crippen LogP contribution is -2.40. The maximum absolute atomic E-state index is 12.0. The normalized spacial score (nSPS) is 16.5. The predicted octanol–water partition coefficient (Wildman–Crippen LogP) is 2.44. The number of hydrogen-bond acceptors (Lipinski definition) is 2. The summed E-state index contributed by atoms with van der Waals surface area (Å²) in [6, 6.07) is 8.80. The van der Waals surface area contributed by atoms with E-state index >= 15 is 0 Å². The van der Waals surface area contributed by atoms with Crippen LogP contribution in [-0.2, 0) is 0 Å². The number of rotatable bonds is 4. The number of ketones is 1. The van der Waals surface area contributed by atoms with Crippen molar-refractivity contribution in [2.24, 2.45) is 5.92 Å². The Labute approximate surface area is 90.3 Å². The van der Waals surface area contributed by atoms with Crippen LogP contribution in [0.4, 0.5) is 0 Å². The van der Waals surface area contributed by atoms with Crippen LogP contribution in [0.3, 0.4) is 0 Å². The molecule has 0 saturated carbocycles. The van der Waals surface area contributed by atoms with E-state index in [9.17, 15) is 9.90 Å². The van der Waals surface area contributed by atoms with E-state index in [1.54, 1.807) is 37.3 Å². The molecule has 2 nitrogen and oxygen atoms in total. The van der Waals surface area contributed by atoms with E-state index in [2.05, 4.69) is 6.58 Å². The molecule has 2 unspecified atom stereocenters. The van der Waals surface area contributed by atoms with Crippen LogP contribution in [0, 0.1) is 5.92 Å². The van der Waals surface area contributed by atoms with Gasteiger partial charge >= 0.3 is 0 Å². The number of Topliss-reactive ketones (excluding diaryl/α,β-unsaturated/α-hetero) is 1. The first-order valence-corrected chi connectivity index (χ1v) is 4.95. The highest BCUT2D eigenvalue weighted by Crippen LogP contribution is 2.22. The van der Waals surface area contributed by atoms with Crippen LogP contribution in [0.1, 0.15) is 24.2 Å². The summed E-state index contributed by atoms with van der Waals surface area (Å²) in [5, 5.41) is 10.1. The van der Waals surface area contributed by atoms with Crippen molar-refractivity contribution < 1.29 is 9.90 Å². The lowest BCUT2D eigenvalue weighted by atomic mass is 9.84.